The highest BCUT2D eigenvalue weighted by Crippen LogP contribution is 2.15. The first-order valence-electron chi connectivity index (χ1n) is 10.0. The van der Waals surface area contributed by atoms with Gasteiger partial charge in [0.05, 0.1) is 13.2 Å². The lowest BCUT2D eigenvalue weighted by Gasteiger charge is -2.36. The van der Waals surface area contributed by atoms with E-state index in [2.05, 4.69) is 63.5 Å². The quantitative estimate of drug-likeness (QED) is 0.395. The van der Waals surface area contributed by atoms with Crippen LogP contribution in [0.1, 0.15) is 24.0 Å². The number of aryl methyl sites for hydroxylation is 1. The Morgan fingerprint density at radius 2 is 2.00 bits per heavy atom. The Morgan fingerprint density at radius 3 is 2.64 bits per heavy atom. The van der Waals surface area contributed by atoms with Crippen molar-refractivity contribution in [3.63, 3.8) is 0 Å². The molecule has 2 rings (SSSR count). The van der Waals surface area contributed by atoms with Crippen LogP contribution in [0.5, 0.6) is 0 Å². The fraction of sp³-hybridized carbons (Fsp3) is 0.619. The molecule has 2 N–H and O–H groups in total. The standard InChI is InChI=1S/C21H35N5O2/c1-17-6-5-7-19(14-17)18(2)15-24-21(22-3)26-11-9-25(10-12-26)16-20(27)23-8-13-28-4/h5-7,14,18H,8-13,15-16H2,1-4H3,(H,22,24)(H,23,27). The summed E-state index contributed by atoms with van der Waals surface area (Å²) in [5, 5.41) is 6.38. The molecule has 1 aliphatic heterocycles. The maximum atomic E-state index is 11.9. The van der Waals surface area contributed by atoms with E-state index in [0.717, 1.165) is 38.7 Å². The van der Waals surface area contributed by atoms with Crippen LogP contribution in [0.15, 0.2) is 29.3 Å². The van der Waals surface area contributed by atoms with Crippen molar-refractivity contribution in [2.24, 2.45) is 4.99 Å². The lowest BCUT2D eigenvalue weighted by atomic mass is 9.99. The zero-order valence-corrected chi connectivity index (χ0v) is 17.7. The summed E-state index contributed by atoms with van der Waals surface area (Å²) in [6.07, 6.45) is 0. The normalized spacial score (nSPS) is 16.7. The minimum atomic E-state index is 0.0555. The van der Waals surface area contributed by atoms with E-state index in [-0.39, 0.29) is 5.91 Å². The Labute approximate surface area is 169 Å². The number of methoxy groups -OCH3 is 1. The van der Waals surface area contributed by atoms with Gasteiger partial charge in [0, 0.05) is 53.4 Å². The van der Waals surface area contributed by atoms with Crippen LogP contribution in [-0.2, 0) is 9.53 Å². The van der Waals surface area contributed by atoms with E-state index in [1.165, 1.54) is 11.1 Å². The van der Waals surface area contributed by atoms with Gasteiger partial charge in [-0.3, -0.25) is 14.7 Å². The number of carbonyl (C=O) groups is 1. The fourth-order valence-electron chi connectivity index (χ4n) is 3.34. The van der Waals surface area contributed by atoms with Crippen molar-refractivity contribution in [2.75, 3.05) is 66.6 Å². The Kier molecular flexibility index (Phi) is 9.23. The molecule has 156 valence electrons. The molecule has 1 aliphatic rings. The number of carbonyl (C=O) groups excluding carboxylic acids is 1. The summed E-state index contributed by atoms with van der Waals surface area (Å²) >= 11 is 0. The minimum Gasteiger partial charge on any atom is -0.383 e. The number of aliphatic imine (C=N–C) groups is 1. The third-order valence-electron chi connectivity index (χ3n) is 5.06. The largest absolute Gasteiger partial charge is 0.383 e. The van der Waals surface area contributed by atoms with Gasteiger partial charge in [-0.1, -0.05) is 36.8 Å². The van der Waals surface area contributed by atoms with Gasteiger partial charge in [-0.25, -0.2) is 0 Å². The molecule has 1 aromatic carbocycles. The first-order chi connectivity index (χ1) is 13.5. The average molecular weight is 390 g/mol. The van der Waals surface area contributed by atoms with Gasteiger partial charge in [-0.05, 0) is 18.4 Å². The molecule has 0 aromatic heterocycles. The van der Waals surface area contributed by atoms with Crippen molar-refractivity contribution < 1.29 is 9.53 Å². The lowest BCUT2D eigenvalue weighted by molar-refractivity contribution is -0.122. The molecule has 1 heterocycles. The fourth-order valence-corrected chi connectivity index (χ4v) is 3.34. The second-order valence-electron chi connectivity index (χ2n) is 7.35. The summed E-state index contributed by atoms with van der Waals surface area (Å²) in [5.74, 6) is 1.40. The molecular formula is C21H35N5O2. The highest BCUT2D eigenvalue weighted by molar-refractivity contribution is 5.80. The first-order valence-corrected chi connectivity index (χ1v) is 10.0. The van der Waals surface area contributed by atoms with Crippen LogP contribution in [0.2, 0.25) is 0 Å². The molecule has 0 radical (unpaired) electrons. The number of hydrogen-bond donors (Lipinski definition) is 2. The highest BCUT2D eigenvalue weighted by atomic mass is 16.5. The van der Waals surface area contributed by atoms with Crippen LogP contribution in [0.25, 0.3) is 0 Å². The summed E-state index contributed by atoms with van der Waals surface area (Å²) < 4.78 is 4.95. The van der Waals surface area contributed by atoms with E-state index in [0.29, 0.717) is 25.6 Å². The van der Waals surface area contributed by atoms with Gasteiger partial charge in [0.1, 0.15) is 0 Å². The van der Waals surface area contributed by atoms with E-state index in [4.69, 9.17) is 4.74 Å². The summed E-state index contributed by atoms with van der Waals surface area (Å²) in [6, 6.07) is 8.66. The summed E-state index contributed by atoms with van der Waals surface area (Å²) in [6.45, 7) is 10.2. The molecule has 0 saturated carbocycles. The van der Waals surface area contributed by atoms with E-state index in [1.54, 1.807) is 7.11 Å². The number of amides is 1. The van der Waals surface area contributed by atoms with Gasteiger partial charge in [0.15, 0.2) is 5.96 Å². The maximum absolute atomic E-state index is 11.9. The molecule has 1 aromatic rings. The van der Waals surface area contributed by atoms with Gasteiger partial charge < -0.3 is 20.3 Å². The number of ether oxygens (including phenoxy) is 1. The van der Waals surface area contributed by atoms with E-state index >= 15 is 0 Å². The molecule has 7 heteroatoms. The SMILES string of the molecule is CN=C(NCC(C)c1cccc(C)c1)N1CCN(CC(=O)NCCOC)CC1. The van der Waals surface area contributed by atoms with Crippen molar-refractivity contribution in [3.8, 4) is 0 Å². The van der Waals surface area contributed by atoms with Crippen molar-refractivity contribution in [2.45, 2.75) is 19.8 Å². The van der Waals surface area contributed by atoms with E-state index < -0.39 is 0 Å². The second kappa shape index (κ2) is 11.7. The molecule has 0 spiro atoms. The molecule has 1 unspecified atom stereocenters. The number of nitrogens with one attached hydrogen (secondary N) is 2. The summed E-state index contributed by atoms with van der Waals surface area (Å²) in [7, 11) is 3.46. The molecule has 0 bridgehead atoms. The lowest BCUT2D eigenvalue weighted by Crippen LogP contribution is -2.54. The van der Waals surface area contributed by atoms with Crippen LogP contribution >= 0.6 is 0 Å². The molecule has 28 heavy (non-hydrogen) atoms. The Balaban J connectivity index is 1.75. The second-order valence-corrected chi connectivity index (χ2v) is 7.35. The monoisotopic (exact) mass is 389 g/mol. The summed E-state index contributed by atoms with van der Waals surface area (Å²) in [4.78, 5) is 20.8. The van der Waals surface area contributed by atoms with Crippen molar-refractivity contribution in [3.05, 3.63) is 35.4 Å². The van der Waals surface area contributed by atoms with Crippen LogP contribution < -0.4 is 10.6 Å². The predicted molar refractivity (Wildman–Crippen MR) is 114 cm³/mol. The topological polar surface area (TPSA) is 69.2 Å². The number of nitrogens with zero attached hydrogens (tertiary/aromatic N) is 3. The molecule has 1 saturated heterocycles. The van der Waals surface area contributed by atoms with Crippen LogP contribution in [-0.4, -0.2) is 88.2 Å². The molecular weight excluding hydrogens is 354 g/mol. The smallest absolute Gasteiger partial charge is 0.234 e. The molecule has 7 nitrogen and oxygen atoms in total. The Hall–Kier alpha value is -2.12. The Bertz CT molecular complexity index is 641. The number of piperazine rings is 1. The van der Waals surface area contributed by atoms with Crippen LogP contribution in [0.4, 0.5) is 0 Å². The highest BCUT2D eigenvalue weighted by Gasteiger charge is 2.21. The van der Waals surface area contributed by atoms with E-state index in [1.807, 2.05) is 7.05 Å². The molecule has 1 amide bonds. The first kappa shape index (κ1) is 22.2. The van der Waals surface area contributed by atoms with Gasteiger partial charge in [0.25, 0.3) is 0 Å². The number of guanidine groups is 1. The van der Waals surface area contributed by atoms with Crippen LogP contribution in [0.3, 0.4) is 0 Å². The third-order valence-corrected chi connectivity index (χ3v) is 5.06. The van der Waals surface area contributed by atoms with Crippen LogP contribution in [0, 0.1) is 6.92 Å². The minimum absolute atomic E-state index is 0.0555. The van der Waals surface area contributed by atoms with Gasteiger partial charge in [0.2, 0.25) is 5.91 Å². The van der Waals surface area contributed by atoms with Gasteiger partial charge >= 0.3 is 0 Å². The zero-order valence-electron chi connectivity index (χ0n) is 17.7. The summed E-state index contributed by atoms with van der Waals surface area (Å²) in [5.41, 5.74) is 2.63. The van der Waals surface area contributed by atoms with E-state index in [9.17, 15) is 4.79 Å². The van der Waals surface area contributed by atoms with Crippen molar-refractivity contribution >= 4 is 11.9 Å². The average Bonchev–Trinajstić information content (AvgIpc) is 2.69. The third kappa shape index (κ3) is 7.13. The van der Waals surface area contributed by atoms with Crippen molar-refractivity contribution in [1.29, 1.82) is 0 Å². The molecule has 1 atom stereocenters. The van der Waals surface area contributed by atoms with Crippen molar-refractivity contribution in [1.82, 2.24) is 20.4 Å². The van der Waals surface area contributed by atoms with Gasteiger partial charge in [-0.2, -0.15) is 0 Å². The number of benzene rings is 1. The predicted octanol–water partition coefficient (Wildman–Crippen LogP) is 1.05. The number of hydrogen-bond acceptors (Lipinski definition) is 4. The van der Waals surface area contributed by atoms with Gasteiger partial charge in [-0.15, -0.1) is 0 Å². The molecule has 0 aliphatic carbocycles. The number of rotatable bonds is 8. The molecule has 1 fully saturated rings. The Morgan fingerprint density at radius 1 is 1.25 bits per heavy atom. The maximum Gasteiger partial charge on any atom is 0.234 e. The zero-order chi connectivity index (χ0) is 20.4.